The van der Waals surface area contributed by atoms with Crippen LogP contribution >= 0.6 is 0 Å². The van der Waals surface area contributed by atoms with Crippen molar-refractivity contribution in [2.75, 3.05) is 6.54 Å². The molecule has 1 aromatic rings. The summed E-state index contributed by atoms with van der Waals surface area (Å²) in [5.41, 5.74) is 0. The van der Waals surface area contributed by atoms with Crippen molar-refractivity contribution in [1.29, 1.82) is 0 Å². The first-order chi connectivity index (χ1) is 4.88. The number of nitrogens with zero attached hydrogens (tertiary/aromatic N) is 3. The van der Waals surface area contributed by atoms with Crippen LogP contribution in [0.5, 0.6) is 0 Å². The molecule has 0 amide bonds. The highest BCUT2D eigenvalue weighted by Gasteiger charge is 2.15. The summed E-state index contributed by atoms with van der Waals surface area (Å²) in [6.07, 6.45) is 1.78. The minimum Gasteiger partial charge on any atom is -0.315 e. The van der Waals surface area contributed by atoms with Gasteiger partial charge in [0.2, 0.25) is 0 Å². The molecule has 1 aliphatic heterocycles. The third-order valence-corrected chi connectivity index (χ3v) is 1.84. The van der Waals surface area contributed by atoms with E-state index in [1.54, 1.807) is 6.33 Å². The number of fused-ring (bicyclic) bond motifs is 1. The molecule has 2 rings (SSSR count). The van der Waals surface area contributed by atoms with Crippen LogP contribution in [0.1, 0.15) is 18.8 Å². The molecule has 0 fully saturated rings. The van der Waals surface area contributed by atoms with Crippen LogP contribution < -0.4 is 5.32 Å². The molecule has 0 bridgehead atoms. The average Bonchev–Trinajstić information content (AvgIpc) is 2.36. The van der Waals surface area contributed by atoms with Gasteiger partial charge in [-0.05, 0) is 6.92 Å². The molecule has 0 radical (unpaired) electrons. The molecule has 1 aromatic heterocycles. The van der Waals surface area contributed by atoms with E-state index in [1.807, 2.05) is 0 Å². The maximum atomic E-state index is 3.99. The van der Waals surface area contributed by atoms with Crippen molar-refractivity contribution in [2.45, 2.75) is 19.5 Å². The highest BCUT2D eigenvalue weighted by Crippen LogP contribution is 2.11. The monoisotopic (exact) mass is 138 g/mol. The largest absolute Gasteiger partial charge is 0.315 e. The number of hydrogen-bond acceptors (Lipinski definition) is 3. The first-order valence-corrected chi connectivity index (χ1v) is 3.49. The standard InChI is InChI=1S/C6H10N4/c1-5-6-9-8-4-10(6)3-2-7-5/h4-5,7H,2-3H2,1H3/t5-/m1/s1. The average molecular weight is 138 g/mol. The van der Waals surface area contributed by atoms with Crippen molar-refractivity contribution < 1.29 is 0 Å². The van der Waals surface area contributed by atoms with Crippen molar-refractivity contribution in [3.63, 3.8) is 0 Å². The number of aromatic nitrogens is 3. The van der Waals surface area contributed by atoms with Gasteiger partial charge in [-0.2, -0.15) is 0 Å². The number of hydrogen-bond donors (Lipinski definition) is 1. The lowest BCUT2D eigenvalue weighted by molar-refractivity contribution is 0.437. The molecule has 54 valence electrons. The molecule has 0 aliphatic carbocycles. The summed E-state index contributed by atoms with van der Waals surface area (Å²) in [7, 11) is 0. The summed E-state index contributed by atoms with van der Waals surface area (Å²) in [4.78, 5) is 0. The van der Waals surface area contributed by atoms with Crippen LogP contribution in [0.2, 0.25) is 0 Å². The van der Waals surface area contributed by atoms with E-state index in [4.69, 9.17) is 0 Å². The van der Waals surface area contributed by atoms with Crippen LogP contribution in [-0.4, -0.2) is 21.3 Å². The Morgan fingerprint density at radius 2 is 2.70 bits per heavy atom. The van der Waals surface area contributed by atoms with Gasteiger partial charge in [-0.15, -0.1) is 10.2 Å². The second kappa shape index (κ2) is 2.05. The Morgan fingerprint density at radius 1 is 1.80 bits per heavy atom. The second-order valence-corrected chi connectivity index (χ2v) is 2.56. The Kier molecular flexibility index (Phi) is 1.20. The molecular weight excluding hydrogens is 128 g/mol. The van der Waals surface area contributed by atoms with Gasteiger partial charge in [-0.25, -0.2) is 0 Å². The van der Waals surface area contributed by atoms with E-state index >= 15 is 0 Å². The van der Waals surface area contributed by atoms with Crippen molar-refractivity contribution in [3.8, 4) is 0 Å². The topological polar surface area (TPSA) is 42.7 Å². The second-order valence-electron chi connectivity index (χ2n) is 2.56. The van der Waals surface area contributed by atoms with Crippen LogP contribution in [0, 0.1) is 0 Å². The number of rotatable bonds is 0. The maximum Gasteiger partial charge on any atom is 0.149 e. The van der Waals surface area contributed by atoms with Gasteiger partial charge in [-0.1, -0.05) is 0 Å². The summed E-state index contributed by atoms with van der Waals surface area (Å²) >= 11 is 0. The fourth-order valence-electron chi connectivity index (χ4n) is 1.26. The Balaban J connectivity index is 2.41. The normalized spacial score (nSPS) is 24.3. The first kappa shape index (κ1) is 5.85. The minimum absolute atomic E-state index is 0.358. The Labute approximate surface area is 59.3 Å². The van der Waals surface area contributed by atoms with E-state index in [2.05, 4.69) is 27.0 Å². The van der Waals surface area contributed by atoms with Gasteiger partial charge < -0.3 is 9.88 Å². The lowest BCUT2D eigenvalue weighted by Gasteiger charge is -2.19. The molecule has 10 heavy (non-hydrogen) atoms. The molecule has 4 heteroatoms. The van der Waals surface area contributed by atoms with Gasteiger partial charge in [-0.3, -0.25) is 0 Å². The fourth-order valence-corrected chi connectivity index (χ4v) is 1.26. The van der Waals surface area contributed by atoms with E-state index in [1.165, 1.54) is 0 Å². The van der Waals surface area contributed by atoms with Crippen molar-refractivity contribution in [1.82, 2.24) is 20.1 Å². The Hall–Kier alpha value is -0.900. The molecule has 0 unspecified atom stereocenters. The van der Waals surface area contributed by atoms with E-state index in [-0.39, 0.29) is 0 Å². The van der Waals surface area contributed by atoms with Crippen LogP contribution in [0.4, 0.5) is 0 Å². The summed E-state index contributed by atoms with van der Waals surface area (Å²) in [5.74, 6) is 1.05. The quantitative estimate of drug-likeness (QED) is 0.546. The molecule has 0 aromatic carbocycles. The molecule has 4 nitrogen and oxygen atoms in total. The lowest BCUT2D eigenvalue weighted by Crippen LogP contribution is -2.31. The third kappa shape index (κ3) is 0.724. The van der Waals surface area contributed by atoms with E-state index in [9.17, 15) is 0 Å². The Bertz CT molecular complexity index is 229. The van der Waals surface area contributed by atoms with Crippen LogP contribution in [-0.2, 0) is 6.54 Å². The molecule has 0 saturated carbocycles. The summed E-state index contributed by atoms with van der Waals surface area (Å²) in [6.45, 7) is 4.11. The zero-order valence-electron chi connectivity index (χ0n) is 5.91. The molecule has 1 atom stereocenters. The minimum atomic E-state index is 0.358. The van der Waals surface area contributed by atoms with Gasteiger partial charge in [0, 0.05) is 13.1 Å². The van der Waals surface area contributed by atoms with Crippen LogP contribution in [0.15, 0.2) is 6.33 Å². The van der Waals surface area contributed by atoms with Crippen molar-refractivity contribution in [2.24, 2.45) is 0 Å². The smallest absolute Gasteiger partial charge is 0.149 e. The molecule has 0 spiro atoms. The zero-order valence-corrected chi connectivity index (χ0v) is 5.91. The molecule has 1 aliphatic rings. The van der Waals surface area contributed by atoms with Gasteiger partial charge in [0.05, 0.1) is 6.04 Å². The molecule has 2 heterocycles. The maximum absolute atomic E-state index is 3.99. The van der Waals surface area contributed by atoms with Gasteiger partial charge in [0.25, 0.3) is 0 Å². The predicted octanol–water partition coefficient (Wildman–Crippen LogP) is -0.0577. The van der Waals surface area contributed by atoms with E-state index in [0.29, 0.717) is 6.04 Å². The van der Waals surface area contributed by atoms with Crippen molar-refractivity contribution >= 4 is 0 Å². The molecule has 1 N–H and O–H groups in total. The highest BCUT2D eigenvalue weighted by atomic mass is 15.3. The first-order valence-electron chi connectivity index (χ1n) is 3.49. The van der Waals surface area contributed by atoms with Gasteiger partial charge >= 0.3 is 0 Å². The SMILES string of the molecule is C[C@H]1NCCn2cnnc21. The Morgan fingerprint density at radius 3 is 3.50 bits per heavy atom. The third-order valence-electron chi connectivity index (χ3n) is 1.84. The van der Waals surface area contributed by atoms with Crippen LogP contribution in [0.3, 0.4) is 0 Å². The summed E-state index contributed by atoms with van der Waals surface area (Å²) in [6, 6.07) is 0.358. The molecular formula is C6H10N4. The summed E-state index contributed by atoms with van der Waals surface area (Å²) in [5, 5.41) is 11.1. The zero-order chi connectivity index (χ0) is 6.97. The van der Waals surface area contributed by atoms with E-state index in [0.717, 1.165) is 18.9 Å². The highest BCUT2D eigenvalue weighted by molar-refractivity contribution is 4.95. The lowest BCUT2D eigenvalue weighted by atomic mass is 10.2. The van der Waals surface area contributed by atoms with E-state index < -0.39 is 0 Å². The van der Waals surface area contributed by atoms with Crippen LogP contribution in [0.25, 0.3) is 0 Å². The van der Waals surface area contributed by atoms with Gasteiger partial charge in [0.1, 0.15) is 12.2 Å². The fraction of sp³-hybridized carbons (Fsp3) is 0.667. The summed E-state index contributed by atoms with van der Waals surface area (Å²) < 4.78 is 2.08. The van der Waals surface area contributed by atoms with Gasteiger partial charge in [0.15, 0.2) is 0 Å². The number of nitrogens with one attached hydrogen (secondary N) is 1. The molecule has 0 saturated heterocycles. The predicted molar refractivity (Wildman–Crippen MR) is 36.4 cm³/mol. The van der Waals surface area contributed by atoms with Crippen molar-refractivity contribution in [3.05, 3.63) is 12.2 Å².